The fourth-order valence-electron chi connectivity index (χ4n) is 5.99. The average molecular weight is 505 g/mol. The third-order valence-corrected chi connectivity index (χ3v) is 8.71. The summed E-state index contributed by atoms with van der Waals surface area (Å²) in [6.45, 7) is 0. The van der Waals surface area contributed by atoms with Crippen LogP contribution in [0.15, 0.2) is 115 Å². The number of benzene rings is 5. The third kappa shape index (κ3) is 2.66. The van der Waals surface area contributed by atoms with Crippen molar-refractivity contribution < 1.29 is 0 Å². The maximum absolute atomic E-state index is 5.13. The SMILES string of the molecule is c1ccc(-c2ccc3c(c2)sc2nc4c5cc(-n6c7ccccc7c7ccccc76)ccc5[nH]c4n23)cc1. The Hall–Kier alpha value is -4.87. The van der Waals surface area contributed by atoms with Gasteiger partial charge in [0.25, 0.3) is 0 Å². The van der Waals surface area contributed by atoms with Crippen molar-refractivity contribution in [1.82, 2.24) is 18.9 Å². The Balaban J connectivity index is 1.27. The quantitative estimate of drug-likeness (QED) is 0.251. The van der Waals surface area contributed by atoms with Crippen molar-refractivity contribution in [1.29, 1.82) is 0 Å². The molecular weight excluding hydrogens is 484 g/mol. The van der Waals surface area contributed by atoms with Crippen molar-refractivity contribution in [2.75, 3.05) is 0 Å². The number of para-hydroxylation sites is 2. The highest BCUT2D eigenvalue weighted by Crippen LogP contribution is 2.37. The molecule has 4 aromatic heterocycles. The first-order chi connectivity index (χ1) is 18.8. The number of aromatic amines is 1. The summed E-state index contributed by atoms with van der Waals surface area (Å²) in [4.78, 5) is 9.81. The summed E-state index contributed by atoms with van der Waals surface area (Å²) in [6.07, 6.45) is 0. The van der Waals surface area contributed by atoms with Gasteiger partial charge >= 0.3 is 0 Å². The molecule has 0 radical (unpaired) electrons. The monoisotopic (exact) mass is 504 g/mol. The average Bonchev–Trinajstić information content (AvgIpc) is 3.69. The van der Waals surface area contributed by atoms with Gasteiger partial charge in [0.15, 0.2) is 4.96 Å². The fraction of sp³-hybridized carbons (Fsp3) is 0. The molecule has 9 aromatic rings. The van der Waals surface area contributed by atoms with Crippen LogP contribution in [-0.4, -0.2) is 18.9 Å². The second kappa shape index (κ2) is 7.34. The minimum atomic E-state index is 1.01. The van der Waals surface area contributed by atoms with Gasteiger partial charge in [-0.1, -0.05) is 84.1 Å². The minimum absolute atomic E-state index is 1.01. The molecule has 0 fully saturated rings. The molecular formula is C33H20N4S. The highest BCUT2D eigenvalue weighted by molar-refractivity contribution is 7.23. The van der Waals surface area contributed by atoms with E-state index >= 15 is 0 Å². The van der Waals surface area contributed by atoms with Crippen LogP contribution in [0.5, 0.6) is 0 Å². The summed E-state index contributed by atoms with van der Waals surface area (Å²) >= 11 is 1.74. The number of fused-ring (bicyclic) bond motifs is 10. The summed E-state index contributed by atoms with van der Waals surface area (Å²) in [5, 5.41) is 3.68. The van der Waals surface area contributed by atoms with Crippen molar-refractivity contribution in [3.8, 4) is 16.8 Å². The van der Waals surface area contributed by atoms with E-state index in [0.717, 1.165) is 32.7 Å². The van der Waals surface area contributed by atoms with Gasteiger partial charge in [-0.3, -0.25) is 4.40 Å². The number of nitrogens with zero attached hydrogens (tertiary/aromatic N) is 3. The Morgan fingerprint density at radius 3 is 2.13 bits per heavy atom. The molecule has 5 aromatic carbocycles. The molecule has 0 spiro atoms. The lowest BCUT2D eigenvalue weighted by Crippen LogP contribution is -1.93. The van der Waals surface area contributed by atoms with E-state index in [-0.39, 0.29) is 0 Å². The van der Waals surface area contributed by atoms with Gasteiger partial charge in [0.2, 0.25) is 0 Å². The molecule has 4 heterocycles. The number of hydrogen-bond donors (Lipinski definition) is 1. The van der Waals surface area contributed by atoms with Gasteiger partial charge in [-0.15, -0.1) is 0 Å². The van der Waals surface area contributed by atoms with Crippen molar-refractivity contribution >= 4 is 70.4 Å². The van der Waals surface area contributed by atoms with Crippen LogP contribution in [0.1, 0.15) is 0 Å². The molecule has 0 unspecified atom stereocenters. The van der Waals surface area contributed by atoms with Gasteiger partial charge < -0.3 is 9.55 Å². The van der Waals surface area contributed by atoms with Gasteiger partial charge in [0.1, 0.15) is 11.2 Å². The van der Waals surface area contributed by atoms with E-state index in [1.54, 1.807) is 11.3 Å². The number of imidazole rings is 1. The lowest BCUT2D eigenvalue weighted by molar-refractivity contribution is 1.18. The number of rotatable bonds is 2. The molecule has 1 N–H and O–H groups in total. The molecule has 0 saturated carbocycles. The van der Waals surface area contributed by atoms with Crippen molar-refractivity contribution in [2.45, 2.75) is 0 Å². The molecule has 0 aliphatic heterocycles. The van der Waals surface area contributed by atoms with Crippen LogP contribution < -0.4 is 0 Å². The number of nitrogens with one attached hydrogen (secondary N) is 1. The fourth-order valence-corrected chi connectivity index (χ4v) is 7.05. The summed E-state index contributed by atoms with van der Waals surface area (Å²) in [6, 6.07) is 41.2. The van der Waals surface area contributed by atoms with Crippen LogP contribution >= 0.6 is 11.3 Å². The largest absolute Gasteiger partial charge is 0.339 e. The molecule has 9 rings (SSSR count). The topological polar surface area (TPSA) is 38.0 Å². The Kier molecular flexibility index (Phi) is 3.91. The first-order valence-corrected chi connectivity index (χ1v) is 13.6. The van der Waals surface area contributed by atoms with Crippen LogP contribution in [-0.2, 0) is 0 Å². The van der Waals surface area contributed by atoms with E-state index in [4.69, 9.17) is 4.98 Å². The van der Waals surface area contributed by atoms with Gasteiger partial charge in [-0.25, -0.2) is 4.98 Å². The van der Waals surface area contributed by atoms with Crippen molar-refractivity contribution in [2.24, 2.45) is 0 Å². The maximum Gasteiger partial charge on any atom is 0.197 e. The number of aromatic nitrogens is 4. The molecule has 4 nitrogen and oxygen atoms in total. The lowest BCUT2D eigenvalue weighted by atomic mass is 10.1. The first kappa shape index (κ1) is 20.2. The van der Waals surface area contributed by atoms with E-state index in [1.807, 2.05) is 0 Å². The summed E-state index contributed by atoms with van der Waals surface area (Å²) in [5.74, 6) is 0. The van der Waals surface area contributed by atoms with Gasteiger partial charge in [0.05, 0.1) is 21.3 Å². The molecule has 38 heavy (non-hydrogen) atoms. The minimum Gasteiger partial charge on any atom is -0.339 e. The lowest BCUT2D eigenvalue weighted by Gasteiger charge is -2.08. The van der Waals surface area contributed by atoms with Crippen molar-refractivity contribution in [3.63, 3.8) is 0 Å². The van der Waals surface area contributed by atoms with E-state index < -0.39 is 0 Å². The number of hydrogen-bond acceptors (Lipinski definition) is 2. The maximum atomic E-state index is 5.13. The first-order valence-electron chi connectivity index (χ1n) is 12.7. The standard InChI is InChI=1S/C33H20N4S/c1-2-8-20(9-3-1)21-14-17-29-30(18-21)38-33-35-31-25-19-22(15-16-26(25)34-32(31)37(29)33)36-27-12-6-4-10-23(27)24-11-5-7-13-28(24)36/h1-19,34H. The molecule has 0 bridgehead atoms. The summed E-state index contributed by atoms with van der Waals surface area (Å²) in [7, 11) is 0. The van der Waals surface area contributed by atoms with Crippen LogP contribution in [0.4, 0.5) is 0 Å². The highest BCUT2D eigenvalue weighted by atomic mass is 32.1. The molecule has 0 amide bonds. The molecule has 178 valence electrons. The third-order valence-electron chi connectivity index (χ3n) is 7.71. The molecule has 0 atom stereocenters. The number of H-pyrrole nitrogens is 1. The molecule has 5 heteroatoms. The van der Waals surface area contributed by atoms with Crippen LogP contribution in [0, 0.1) is 0 Å². The van der Waals surface area contributed by atoms with Gasteiger partial charge in [-0.2, -0.15) is 0 Å². The van der Waals surface area contributed by atoms with Crippen LogP contribution in [0.2, 0.25) is 0 Å². The highest BCUT2D eigenvalue weighted by Gasteiger charge is 2.18. The Labute approximate surface area is 221 Å². The zero-order valence-corrected chi connectivity index (χ0v) is 21.0. The van der Waals surface area contributed by atoms with Gasteiger partial charge in [0, 0.05) is 27.4 Å². The normalized spacial score (nSPS) is 12.2. The second-order valence-electron chi connectivity index (χ2n) is 9.80. The van der Waals surface area contributed by atoms with Crippen LogP contribution in [0.3, 0.4) is 0 Å². The smallest absolute Gasteiger partial charge is 0.197 e. The Morgan fingerprint density at radius 2 is 1.34 bits per heavy atom. The van der Waals surface area contributed by atoms with Crippen LogP contribution in [0.25, 0.3) is 75.9 Å². The van der Waals surface area contributed by atoms with E-state index in [0.29, 0.717) is 0 Å². The van der Waals surface area contributed by atoms with Gasteiger partial charge in [-0.05, 0) is 53.6 Å². The zero-order valence-electron chi connectivity index (χ0n) is 20.2. The molecule has 0 aliphatic carbocycles. The summed E-state index contributed by atoms with van der Waals surface area (Å²) < 4.78 is 5.87. The zero-order chi connectivity index (χ0) is 24.8. The predicted octanol–water partition coefficient (Wildman–Crippen LogP) is 8.95. The van der Waals surface area contributed by atoms with E-state index in [1.165, 1.54) is 43.1 Å². The van der Waals surface area contributed by atoms with E-state index in [9.17, 15) is 0 Å². The van der Waals surface area contributed by atoms with E-state index in [2.05, 4.69) is 129 Å². The Morgan fingerprint density at radius 1 is 0.605 bits per heavy atom. The second-order valence-corrected chi connectivity index (χ2v) is 10.8. The summed E-state index contributed by atoms with van der Waals surface area (Å²) in [5.41, 5.74) is 10.4. The number of thiazole rings is 1. The molecule has 0 aliphatic rings. The predicted molar refractivity (Wildman–Crippen MR) is 160 cm³/mol. The Bertz CT molecular complexity index is 2290. The van der Waals surface area contributed by atoms with Crippen molar-refractivity contribution in [3.05, 3.63) is 115 Å². The molecule has 0 saturated heterocycles.